The number of amides is 1. The molecule has 6 nitrogen and oxygen atoms in total. The van der Waals surface area contributed by atoms with Crippen molar-refractivity contribution >= 4 is 38.9 Å². The van der Waals surface area contributed by atoms with Crippen molar-refractivity contribution in [2.75, 3.05) is 16.2 Å². The van der Waals surface area contributed by atoms with E-state index >= 15 is 0 Å². The molecule has 0 radical (unpaired) electrons. The summed E-state index contributed by atoms with van der Waals surface area (Å²) in [7, 11) is -4.07. The molecule has 0 aliphatic carbocycles. The highest BCUT2D eigenvalue weighted by molar-refractivity contribution is 7.92. The lowest BCUT2D eigenvalue weighted by molar-refractivity contribution is -0.0498. The first-order chi connectivity index (χ1) is 15.7. The van der Waals surface area contributed by atoms with E-state index < -0.39 is 22.5 Å². The van der Waals surface area contributed by atoms with Crippen LogP contribution in [0.3, 0.4) is 0 Å². The van der Waals surface area contributed by atoms with Crippen LogP contribution in [0.2, 0.25) is 5.02 Å². The number of nitrogens with zero attached hydrogens (tertiary/aromatic N) is 1. The van der Waals surface area contributed by atoms with Gasteiger partial charge in [-0.15, -0.1) is 6.58 Å². The number of alkyl halides is 2. The Labute approximate surface area is 195 Å². The highest BCUT2D eigenvalue weighted by Crippen LogP contribution is 2.30. The van der Waals surface area contributed by atoms with Crippen LogP contribution >= 0.6 is 11.6 Å². The summed E-state index contributed by atoms with van der Waals surface area (Å²) >= 11 is 6.20. The van der Waals surface area contributed by atoms with Gasteiger partial charge in [-0.3, -0.25) is 9.10 Å². The van der Waals surface area contributed by atoms with Gasteiger partial charge in [0.05, 0.1) is 22.2 Å². The second kappa shape index (κ2) is 10.5. The van der Waals surface area contributed by atoms with E-state index in [1.54, 1.807) is 24.3 Å². The molecule has 3 aromatic carbocycles. The third-order valence-electron chi connectivity index (χ3n) is 4.44. The number of carbonyl (C=O) groups is 1. The number of nitrogens with one attached hydrogen (secondary N) is 1. The topological polar surface area (TPSA) is 75.7 Å². The molecule has 3 rings (SSSR count). The third kappa shape index (κ3) is 5.88. The molecule has 0 unspecified atom stereocenters. The number of hydrogen-bond acceptors (Lipinski definition) is 4. The van der Waals surface area contributed by atoms with E-state index in [0.29, 0.717) is 5.69 Å². The zero-order chi connectivity index (χ0) is 24.0. The average Bonchev–Trinajstić information content (AvgIpc) is 2.79. The summed E-state index contributed by atoms with van der Waals surface area (Å²) in [4.78, 5) is 12.6. The number of sulfonamides is 1. The Morgan fingerprint density at radius 1 is 1.09 bits per heavy atom. The largest absolute Gasteiger partial charge is 0.435 e. The summed E-state index contributed by atoms with van der Waals surface area (Å²) in [6, 6.07) is 17.3. The molecule has 0 aromatic heterocycles. The fourth-order valence-electron chi connectivity index (χ4n) is 2.95. The van der Waals surface area contributed by atoms with E-state index in [0.717, 1.165) is 4.31 Å². The molecule has 0 aliphatic heterocycles. The molecule has 10 heteroatoms. The zero-order valence-corrected chi connectivity index (χ0v) is 18.7. The molecule has 0 fully saturated rings. The van der Waals surface area contributed by atoms with E-state index in [1.807, 2.05) is 0 Å². The molecule has 0 saturated carbocycles. The number of benzene rings is 3. The maximum Gasteiger partial charge on any atom is 0.387 e. The van der Waals surface area contributed by atoms with Crippen LogP contribution in [0, 0.1) is 0 Å². The van der Waals surface area contributed by atoms with Crippen LogP contribution in [-0.2, 0) is 10.0 Å². The Bertz CT molecular complexity index is 1250. The Morgan fingerprint density at radius 2 is 1.79 bits per heavy atom. The first-order valence-corrected chi connectivity index (χ1v) is 11.4. The summed E-state index contributed by atoms with van der Waals surface area (Å²) in [5.41, 5.74) is 0.681. The predicted octanol–water partition coefficient (Wildman–Crippen LogP) is 5.58. The molecule has 0 aliphatic rings. The van der Waals surface area contributed by atoms with Gasteiger partial charge in [0, 0.05) is 11.3 Å². The molecule has 3 aromatic rings. The minimum Gasteiger partial charge on any atom is -0.435 e. The van der Waals surface area contributed by atoms with Gasteiger partial charge in [-0.2, -0.15) is 8.78 Å². The third-order valence-corrected chi connectivity index (χ3v) is 6.53. The monoisotopic (exact) mass is 492 g/mol. The Hall–Kier alpha value is -3.43. The number of para-hydroxylation sites is 1. The van der Waals surface area contributed by atoms with Gasteiger partial charge in [-0.1, -0.05) is 35.9 Å². The molecule has 172 valence electrons. The standard InChI is InChI=1S/C23H19ClF2N2O4S/c1-2-14-28(21-9-4-3-8-20(21)24)33(30,31)19-7-5-6-16(15-19)22(29)27-17-10-12-18(13-11-17)32-23(25)26/h2-13,15,23H,1,14H2,(H,27,29). The van der Waals surface area contributed by atoms with Crippen LogP contribution < -0.4 is 14.4 Å². The van der Waals surface area contributed by atoms with Crippen molar-refractivity contribution in [2.45, 2.75) is 11.5 Å². The summed E-state index contributed by atoms with van der Waals surface area (Å²) in [6.07, 6.45) is 1.43. The normalized spacial score (nSPS) is 11.2. The van der Waals surface area contributed by atoms with E-state index in [9.17, 15) is 22.0 Å². The van der Waals surface area contributed by atoms with Crippen LogP contribution in [0.1, 0.15) is 10.4 Å². The maximum absolute atomic E-state index is 13.3. The number of anilines is 2. The fourth-order valence-corrected chi connectivity index (χ4v) is 4.73. The van der Waals surface area contributed by atoms with Crippen molar-refractivity contribution in [3.8, 4) is 5.75 Å². The van der Waals surface area contributed by atoms with E-state index in [4.69, 9.17) is 11.6 Å². The number of hydrogen-bond donors (Lipinski definition) is 1. The van der Waals surface area contributed by atoms with E-state index in [-0.39, 0.29) is 33.5 Å². The highest BCUT2D eigenvalue weighted by Gasteiger charge is 2.26. The summed E-state index contributed by atoms with van der Waals surface area (Å²) in [6.45, 7) is 0.624. The highest BCUT2D eigenvalue weighted by atomic mass is 35.5. The van der Waals surface area contributed by atoms with Crippen LogP contribution in [0.5, 0.6) is 5.75 Å². The number of ether oxygens (including phenoxy) is 1. The van der Waals surface area contributed by atoms with Crippen LogP contribution in [0.4, 0.5) is 20.2 Å². The average molecular weight is 493 g/mol. The van der Waals surface area contributed by atoms with E-state index in [2.05, 4.69) is 16.6 Å². The number of rotatable bonds is 9. The molecule has 0 saturated heterocycles. The molecular formula is C23H19ClF2N2O4S. The molecule has 0 atom stereocenters. The quantitative estimate of drug-likeness (QED) is 0.396. The maximum atomic E-state index is 13.3. The zero-order valence-electron chi connectivity index (χ0n) is 17.1. The van der Waals surface area contributed by atoms with Crippen LogP contribution in [-0.4, -0.2) is 27.5 Å². The van der Waals surface area contributed by atoms with Crippen LogP contribution in [0.15, 0.2) is 90.3 Å². The van der Waals surface area contributed by atoms with Crippen molar-refractivity contribution in [1.82, 2.24) is 0 Å². The first kappa shape index (κ1) is 24.2. The molecule has 33 heavy (non-hydrogen) atoms. The second-order valence-corrected chi connectivity index (χ2v) is 8.93. The Kier molecular flexibility index (Phi) is 7.67. The van der Waals surface area contributed by atoms with Gasteiger partial charge in [0.15, 0.2) is 0 Å². The molecule has 0 heterocycles. The molecule has 1 amide bonds. The minimum atomic E-state index is -4.07. The summed E-state index contributed by atoms with van der Waals surface area (Å²) < 4.78 is 56.6. The van der Waals surface area contributed by atoms with Crippen molar-refractivity contribution in [1.29, 1.82) is 0 Å². The molecule has 0 spiro atoms. The summed E-state index contributed by atoms with van der Waals surface area (Å²) in [5, 5.41) is 2.83. The van der Waals surface area contributed by atoms with Gasteiger partial charge in [-0.05, 0) is 54.6 Å². The van der Waals surface area contributed by atoms with E-state index in [1.165, 1.54) is 54.6 Å². The minimum absolute atomic E-state index is 0.0322. The van der Waals surface area contributed by atoms with Crippen LogP contribution in [0.25, 0.3) is 0 Å². The molecule has 0 bridgehead atoms. The van der Waals surface area contributed by atoms with Gasteiger partial charge in [0.2, 0.25) is 0 Å². The van der Waals surface area contributed by atoms with Gasteiger partial charge in [0.25, 0.3) is 15.9 Å². The van der Waals surface area contributed by atoms with Crippen molar-refractivity contribution < 1.29 is 26.7 Å². The number of carbonyl (C=O) groups excluding carboxylic acids is 1. The first-order valence-electron chi connectivity index (χ1n) is 9.57. The van der Waals surface area contributed by atoms with Gasteiger partial charge >= 0.3 is 6.61 Å². The number of halogens is 3. The SMILES string of the molecule is C=CCN(c1ccccc1Cl)S(=O)(=O)c1cccc(C(=O)Nc2ccc(OC(F)F)cc2)c1. The summed E-state index contributed by atoms with van der Waals surface area (Å²) in [5.74, 6) is -0.638. The van der Waals surface area contributed by atoms with Gasteiger partial charge < -0.3 is 10.1 Å². The Balaban J connectivity index is 1.86. The van der Waals surface area contributed by atoms with Gasteiger partial charge in [0.1, 0.15) is 5.75 Å². The Morgan fingerprint density at radius 3 is 2.42 bits per heavy atom. The molecule has 1 N–H and O–H groups in total. The van der Waals surface area contributed by atoms with Crippen molar-refractivity contribution in [3.63, 3.8) is 0 Å². The lowest BCUT2D eigenvalue weighted by Crippen LogP contribution is -2.31. The van der Waals surface area contributed by atoms with Gasteiger partial charge in [-0.25, -0.2) is 8.42 Å². The molecular weight excluding hydrogens is 474 g/mol. The predicted molar refractivity (Wildman–Crippen MR) is 124 cm³/mol. The van der Waals surface area contributed by atoms with Crippen molar-refractivity contribution in [2.24, 2.45) is 0 Å². The smallest absolute Gasteiger partial charge is 0.387 e. The second-order valence-electron chi connectivity index (χ2n) is 6.66. The lowest BCUT2D eigenvalue weighted by atomic mass is 10.2. The lowest BCUT2D eigenvalue weighted by Gasteiger charge is -2.24. The van der Waals surface area contributed by atoms with Crippen molar-refractivity contribution in [3.05, 3.63) is 96.0 Å². The fraction of sp³-hybridized carbons (Fsp3) is 0.0870.